The van der Waals surface area contributed by atoms with Gasteiger partial charge in [0, 0.05) is 32.2 Å². The second kappa shape index (κ2) is 12.5. The molecule has 1 aliphatic heterocycles. The van der Waals surface area contributed by atoms with E-state index in [-0.39, 0.29) is 0 Å². The third-order valence-corrected chi connectivity index (χ3v) is 5.25. The average molecular weight is 423 g/mol. The lowest BCUT2D eigenvalue weighted by Gasteiger charge is -2.37. The van der Waals surface area contributed by atoms with E-state index in [1.807, 2.05) is 12.1 Å². The minimum Gasteiger partial charge on any atom is -0.493 e. The first kappa shape index (κ1) is 24.1. The highest BCUT2D eigenvalue weighted by molar-refractivity contribution is 5.79. The van der Waals surface area contributed by atoms with E-state index >= 15 is 0 Å². The van der Waals surface area contributed by atoms with Gasteiger partial charge in [-0.3, -0.25) is 4.90 Å². The highest BCUT2D eigenvalue weighted by Crippen LogP contribution is 2.38. The van der Waals surface area contributed by atoms with Crippen LogP contribution in [0.1, 0.15) is 26.3 Å². The summed E-state index contributed by atoms with van der Waals surface area (Å²) < 4.78 is 21.8. The van der Waals surface area contributed by atoms with Crippen LogP contribution in [0.4, 0.5) is 0 Å². The highest BCUT2D eigenvalue weighted by Gasteiger charge is 2.24. The van der Waals surface area contributed by atoms with Crippen molar-refractivity contribution in [1.82, 2.24) is 15.5 Å². The van der Waals surface area contributed by atoms with Crippen LogP contribution in [0.15, 0.2) is 17.1 Å². The monoisotopic (exact) mass is 422 g/mol. The molecule has 30 heavy (non-hydrogen) atoms. The molecule has 170 valence electrons. The Morgan fingerprint density at radius 2 is 1.70 bits per heavy atom. The number of methoxy groups -OCH3 is 3. The smallest absolute Gasteiger partial charge is 0.203 e. The largest absolute Gasteiger partial charge is 0.493 e. The molecule has 0 amide bonds. The molecular formula is C22H38N4O4. The fourth-order valence-corrected chi connectivity index (χ4v) is 3.64. The van der Waals surface area contributed by atoms with Crippen LogP contribution in [0.2, 0.25) is 0 Å². The fourth-order valence-electron chi connectivity index (χ4n) is 3.64. The Labute approximate surface area is 180 Å². The van der Waals surface area contributed by atoms with E-state index in [1.165, 1.54) is 0 Å². The number of nitrogens with one attached hydrogen (secondary N) is 2. The lowest BCUT2D eigenvalue weighted by molar-refractivity contribution is 0.00752. The molecule has 1 aliphatic rings. The first-order chi connectivity index (χ1) is 14.5. The van der Waals surface area contributed by atoms with Gasteiger partial charge in [-0.1, -0.05) is 13.8 Å². The number of ether oxygens (including phenoxy) is 4. The number of hydrogen-bond donors (Lipinski definition) is 2. The molecule has 1 unspecified atom stereocenters. The molecule has 1 atom stereocenters. The van der Waals surface area contributed by atoms with Crippen LogP contribution in [0.5, 0.6) is 17.2 Å². The maximum atomic E-state index is 5.51. The Morgan fingerprint density at radius 1 is 1.07 bits per heavy atom. The standard InChI is InChI=1S/C22H38N4O4/c1-7-23-22(25-15-18(16(2)3)26-8-10-30-11-9-26)24-14-17-12-19(27-4)21(29-6)20(13-17)28-5/h12-13,16,18H,7-11,14-15H2,1-6H3,(H2,23,24,25). The maximum Gasteiger partial charge on any atom is 0.203 e. The number of nitrogens with zero attached hydrogens (tertiary/aromatic N) is 2. The zero-order chi connectivity index (χ0) is 21.9. The van der Waals surface area contributed by atoms with Gasteiger partial charge in [-0.25, -0.2) is 4.99 Å². The van der Waals surface area contributed by atoms with Gasteiger partial charge in [0.15, 0.2) is 17.5 Å². The average Bonchev–Trinajstić information content (AvgIpc) is 2.77. The minimum atomic E-state index is 0.430. The normalized spacial score (nSPS) is 16.3. The molecule has 2 rings (SSSR count). The van der Waals surface area contributed by atoms with Crippen LogP contribution < -0.4 is 24.8 Å². The maximum absolute atomic E-state index is 5.51. The van der Waals surface area contributed by atoms with E-state index in [9.17, 15) is 0 Å². The van der Waals surface area contributed by atoms with Gasteiger partial charge in [-0.05, 0) is 30.5 Å². The summed E-state index contributed by atoms with van der Waals surface area (Å²) in [5, 5.41) is 6.86. The summed E-state index contributed by atoms with van der Waals surface area (Å²) in [6, 6.07) is 4.29. The van der Waals surface area contributed by atoms with Crippen LogP contribution >= 0.6 is 0 Å². The van der Waals surface area contributed by atoms with Gasteiger partial charge in [0.2, 0.25) is 5.75 Å². The summed E-state index contributed by atoms with van der Waals surface area (Å²) in [5.74, 6) is 3.18. The van der Waals surface area contributed by atoms with Gasteiger partial charge in [0.1, 0.15) is 0 Å². The summed E-state index contributed by atoms with van der Waals surface area (Å²) in [7, 11) is 4.84. The fraction of sp³-hybridized carbons (Fsp3) is 0.682. The molecule has 0 spiro atoms. The Morgan fingerprint density at radius 3 is 2.20 bits per heavy atom. The van der Waals surface area contributed by atoms with Gasteiger partial charge >= 0.3 is 0 Å². The molecular weight excluding hydrogens is 384 g/mol. The van der Waals surface area contributed by atoms with E-state index < -0.39 is 0 Å². The number of morpholine rings is 1. The van der Waals surface area contributed by atoms with E-state index in [1.54, 1.807) is 21.3 Å². The summed E-state index contributed by atoms with van der Waals surface area (Å²) >= 11 is 0. The summed E-state index contributed by atoms with van der Waals surface area (Å²) in [6.07, 6.45) is 0. The molecule has 8 heteroatoms. The second-order valence-electron chi connectivity index (χ2n) is 7.57. The quantitative estimate of drug-likeness (QED) is 0.442. The van der Waals surface area contributed by atoms with Crippen molar-refractivity contribution in [3.05, 3.63) is 17.7 Å². The summed E-state index contributed by atoms with van der Waals surface area (Å²) in [6.45, 7) is 12.3. The molecule has 0 saturated carbocycles. The van der Waals surface area contributed by atoms with Crippen LogP contribution in [-0.2, 0) is 11.3 Å². The van der Waals surface area contributed by atoms with Crippen LogP contribution in [0, 0.1) is 5.92 Å². The Bertz CT molecular complexity index is 650. The third kappa shape index (κ3) is 6.67. The van der Waals surface area contributed by atoms with Crippen molar-refractivity contribution in [3.8, 4) is 17.2 Å². The SMILES string of the molecule is CCNC(=NCc1cc(OC)c(OC)c(OC)c1)NCC(C(C)C)N1CCOCC1. The van der Waals surface area contributed by atoms with E-state index in [2.05, 4.69) is 36.3 Å². The van der Waals surface area contributed by atoms with E-state index in [0.717, 1.165) is 50.9 Å². The van der Waals surface area contributed by atoms with Crippen molar-refractivity contribution < 1.29 is 18.9 Å². The first-order valence-electron chi connectivity index (χ1n) is 10.7. The molecule has 1 aromatic carbocycles. The Kier molecular flexibility index (Phi) is 10.0. The lowest BCUT2D eigenvalue weighted by atomic mass is 10.0. The zero-order valence-electron chi connectivity index (χ0n) is 19.3. The predicted octanol–water partition coefficient (Wildman–Crippen LogP) is 2.12. The van der Waals surface area contributed by atoms with Crippen molar-refractivity contribution in [2.24, 2.45) is 10.9 Å². The van der Waals surface area contributed by atoms with Crippen LogP contribution in [0.3, 0.4) is 0 Å². The number of hydrogen-bond acceptors (Lipinski definition) is 6. The molecule has 0 bridgehead atoms. The molecule has 1 aromatic rings. The van der Waals surface area contributed by atoms with Crippen molar-refractivity contribution in [3.63, 3.8) is 0 Å². The van der Waals surface area contributed by atoms with Gasteiger partial charge in [0.25, 0.3) is 0 Å². The Balaban J connectivity index is 2.09. The summed E-state index contributed by atoms with van der Waals surface area (Å²) in [4.78, 5) is 7.27. The molecule has 0 aromatic heterocycles. The molecule has 8 nitrogen and oxygen atoms in total. The van der Waals surface area contributed by atoms with Crippen molar-refractivity contribution in [2.75, 3.05) is 60.7 Å². The molecule has 2 N–H and O–H groups in total. The van der Waals surface area contributed by atoms with Gasteiger partial charge in [-0.15, -0.1) is 0 Å². The second-order valence-corrected chi connectivity index (χ2v) is 7.57. The number of aliphatic imine (C=N–C) groups is 1. The van der Waals surface area contributed by atoms with Crippen molar-refractivity contribution in [1.29, 1.82) is 0 Å². The molecule has 1 fully saturated rings. The van der Waals surface area contributed by atoms with Crippen molar-refractivity contribution in [2.45, 2.75) is 33.4 Å². The third-order valence-electron chi connectivity index (χ3n) is 5.25. The topological polar surface area (TPSA) is 76.6 Å². The number of rotatable bonds is 10. The van der Waals surface area contributed by atoms with Gasteiger partial charge < -0.3 is 29.6 Å². The van der Waals surface area contributed by atoms with Crippen LogP contribution in [-0.4, -0.2) is 77.6 Å². The minimum absolute atomic E-state index is 0.430. The molecule has 0 radical (unpaired) electrons. The summed E-state index contributed by atoms with van der Waals surface area (Å²) in [5.41, 5.74) is 0.982. The Hall–Kier alpha value is -2.19. The molecule has 0 aliphatic carbocycles. The van der Waals surface area contributed by atoms with Gasteiger partial charge in [0.05, 0.1) is 41.1 Å². The molecule has 1 heterocycles. The van der Waals surface area contributed by atoms with E-state index in [4.69, 9.17) is 23.9 Å². The van der Waals surface area contributed by atoms with E-state index in [0.29, 0.717) is 35.8 Å². The van der Waals surface area contributed by atoms with Crippen molar-refractivity contribution >= 4 is 5.96 Å². The zero-order valence-corrected chi connectivity index (χ0v) is 19.3. The highest BCUT2D eigenvalue weighted by atomic mass is 16.5. The predicted molar refractivity (Wildman–Crippen MR) is 120 cm³/mol. The van der Waals surface area contributed by atoms with Gasteiger partial charge in [-0.2, -0.15) is 0 Å². The number of guanidine groups is 1. The first-order valence-corrected chi connectivity index (χ1v) is 10.7. The molecule has 1 saturated heterocycles. The number of benzene rings is 1. The lowest BCUT2D eigenvalue weighted by Crippen LogP contribution is -2.52. The van der Waals surface area contributed by atoms with Crippen LogP contribution in [0.25, 0.3) is 0 Å².